The van der Waals surface area contributed by atoms with Gasteiger partial charge < -0.3 is 0 Å². The highest BCUT2D eigenvalue weighted by Crippen LogP contribution is 2.20. The Labute approximate surface area is 68.3 Å². The van der Waals surface area contributed by atoms with Gasteiger partial charge in [0, 0.05) is 25.7 Å². The molecule has 1 unspecified atom stereocenters. The highest BCUT2D eigenvalue weighted by molar-refractivity contribution is 4.85. The predicted molar refractivity (Wildman–Crippen MR) is 45.2 cm³/mol. The fourth-order valence-corrected chi connectivity index (χ4v) is 2.19. The fourth-order valence-electron chi connectivity index (χ4n) is 2.19. The lowest BCUT2D eigenvalue weighted by Crippen LogP contribution is -2.53. The molecule has 0 aromatic heterocycles. The number of hydrogen-bond donors (Lipinski definition) is 1. The van der Waals surface area contributed by atoms with E-state index in [0.717, 1.165) is 6.04 Å². The quantitative estimate of drug-likeness (QED) is 0.570. The zero-order valence-electron chi connectivity index (χ0n) is 7.21. The lowest BCUT2D eigenvalue weighted by Gasteiger charge is -2.36. The Morgan fingerprint density at radius 1 is 1.27 bits per heavy atom. The molecule has 2 aliphatic heterocycles. The van der Waals surface area contributed by atoms with Crippen molar-refractivity contribution in [3.63, 3.8) is 0 Å². The van der Waals surface area contributed by atoms with E-state index in [1.54, 1.807) is 0 Å². The molecule has 2 heterocycles. The van der Waals surface area contributed by atoms with Gasteiger partial charge in [-0.05, 0) is 26.4 Å². The maximum absolute atomic E-state index is 3.22. The summed E-state index contributed by atoms with van der Waals surface area (Å²) in [6, 6.07) is 0.844. The second-order valence-corrected chi connectivity index (χ2v) is 3.50. The SMILES string of the molecule is CNN1CCN2CCCC2C1. The molecule has 1 atom stereocenters. The Kier molecular flexibility index (Phi) is 2.11. The van der Waals surface area contributed by atoms with Gasteiger partial charge in [0.1, 0.15) is 0 Å². The minimum absolute atomic E-state index is 0.844. The van der Waals surface area contributed by atoms with Crippen LogP contribution in [0.25, 0.3) is 0 Å². The van der Waals surface area contributed by atoms with Crippen molar-refractivity contribution in [2.45, 2.75) is 18.9 Å². The lowest BCUT2D eigenvalue weighted by molar-refractivity contribution is 0.0737. The van der Waals surface area contributed by atoms with Crippen LogP contribution in [0.5, 0.6) is 0 Å². The van der Waals surface area contributed by atoms with Crippen molar-refractivity contribution in [2.24, 2.45) is 0 Å². The van der Waals surface area contributed by atoms with E-state index >= 15 is 0 Å². The molecule has 3 nitrogen and oxygen atoms in total. The molecule has 0 radical (unpaired) electrons. The van der Waals surface area contributed by atoms with Gasteiger partial charge in [-0.2, -0.15) is 0 Å². The summed E-state index contributed by atoms with van der Waals surface area (Å²) >= 11 is 0. The molecule has 2 fully saturated rings. The number of fused-ring (bicyclic) bond motifs is 1. The van der Waals surface area contributed by atoms with Crippen molar-refractivity contribution in [2.75, 3.05) is 33.2 Å². The van der Waals surface area contributed by atoms with Gasteiger partial charge in [0.2, 0.25) is 0 Å². The second kappa shape index (κ2) is 3.09. The maximum Gasteiger partial charge on any atom is 0.0287 e. The molecule has 0 spiro atoms. The van der Waals surface area contributed by atoms with Gasteiger partial charge in [0.25, 0.3) is 0 Å². The van der Waals surface area contributed by atoms with Crippen LogP contribution in [0.2, 0.25) is 0 Å². The van der Waals surface area contributed by atoms with Gasteiger partial charge in [-0.3, -0.25) is 10.3 Å². The van der Waals surface area contributed by atoms with E-state index in [9.17, 15) is 0 Å². The first-order chi connectivity index (χ1) is 5.40. The van der Waals surface area contributed by atoms with E-state index in [1.165, 1.54) is 39.0 Å². The zero-order chi connectivity index (χ0) is 7.68. The highest BCUT2D eigenvalue weighted by Gasteiger charge is 2.29. The van der Waals surface area contributed by atoms with Crippen LogP contribution in [-0.2, 0) is 0 Å². The molecule has 0 amide bonds. The summed E-state index contributed by atoms with van der Waals surface area (Å²) < 4.78 is 0. The number of nitrogens with one attached hydrogen (secondary N) is 1. The topological polar surface area (TPSA) is 18.5 Å². The van der Waals surface area contributed by atoms with E-state index in [-0.39, 0.29) is 0 Å². The number of hydrogen-bond acceptors (Lipinski definition) is 3. The molecule has 0 saturated carbocycles. The summed E-state index contributed by atoms with van der Waals surface area (Å²) in [5, 5.41) is 2.33. The summed E-state index contributed by atoms with van der Waals surface area (Å²) in [6.07, 6.45) is 2.81. The van der Waals surface area contributed by atoms with Crippen LogP contribution < -0.4 is 5.43 Å². The molecule has 0 bridgehead atoms. The van der Waals surface area contributed by atoms with Gasteiger partial charge in [-0.15, -0.1) is 0 Å². The Balaban J connectivity index is 1.91. The van der Waals surface area contributed by atoms with Gasteiger partial charge in [0.15, 0.2) is 0 Å². The normalized spacial score (nSPS) is 34.1. The molecule has 0 aromatic rings. The zero-order valence-corrected chi connectivity index (χ0v) is 7.21. The summed E-state index contributed by atoms with van der Waals surface area (Å²) in [4.78, 5) is 2.62. The number of piperazine rings is 1. The molecule has 2 aliphatic rings. The average Bonchev–Trinajstić information content (AvgIpc) is 2.50. The predicted octanol–water partition coefficient (Wildman–Crippen LogP) is -0.0992. The maximum atomic E-state index is 3.22. The standard InChI is InChI=1S/C8H17N3/c1-9-11-6-5-10-4-2-3-8(10)7-11/h8-9H,2-7H2,1H3. The van der Waals surface area contributed by atoms with E-state index in [4.69, 9.17) is 0 Å². The molecule has 11 heavy (non-hydrogen) atoms. The van der Waals surface area contributed by atoms with Crippen LogP contribution in [0, 0.1) is 0 Å². The van der Waals surface area contributed by atoms with Crippen molar-refractivity contribution >= 4 is 0 Å². The molecule has 3 heteroatoms. The summed E-state index contributed by atoms with van der Waals surface area (Å²) in [7, 11) is 2.02. The van der Waals surface area contributed by atoms with Crippen molar-refractivity contribution in [1.29, 1.82) is 0 Å². The molecular formula is C8H17N3. The number of nitrogens with zero attached hydrogens (tertiary/aromatic N) is 2. The van der Waals surface area contributed by atoms with Gasteiger partial charge in [-0.25, -0.2) is 5.01 Å². The van der Waals surface area contributed by atoms with Crippen LogP contribution in [0.15, 0.2) is 0 Å². The van der Waals surface area contributed by atoms with E-state index < -0.39 is 0 Å². The molecular weight excluding hydrogens is 138 g/mol. The smallest absolute Gasteiger partial charge is 0.0287 e. The first-order valence-corrected chi connectivity index (χ1v) is 4.56. The van der Waals surface area contributed by atoms with Crippen LogP contribution >= 0.6 is 0 Å². The molecule has 1 N–H and O–H groups in total. The third-order valence-corrected chi connectivity index (χ3v) is 2.90. The summed E-state index contributed by atoms with van der Waals surface area (Å²) in [5.41, 5.74) is 3.22. The molecule has 2 saturated heterocycles. The fraction of sp³-hybridized carbons (Fsp3) is 1.00. The van der Waals surface area contributed by atoms with Crippen LogP contribution in [-0.4, -0.2) is 49.2 Å². The Hall–Kier alpha value is -0.120. The third-order valence-electron chi connectivity index (χ3n) is 2.90. The van der Waals surface area contributed by atoms with Crippen LogP contribution in [0.4, 0.5) is 0 Å². The highest BCUT2D eigenvalue weighted by atomic mass is 15.5. The van der Waals surface area contributed by atoms with Gasteiger partial charge in [0.05, 0.1) is 0 Å². The molecule has 0 aliphatic carbocycles. The van der Waals surface area contributed by atoms with Crippen LogP contribution in [0.1, 0.15) is 12.8 Å². The second-order valence-electron chi connectivity index (χ2n) is 3.50. The Bertz CT molecular complexity index is 137. The largest absolute Gasteiger partial charge is 0.298 e. The first-order valence-electron chi connectivity index (χ1n) is 4.56. The molecule has 0 aromatic carbocycles. The van der Waals surface area contributed by atoms with Crippen molar-refractivity contribution in [3.05, 3.63) is 0 Å². The minimum atomic E-state index is 0.844. The van der Waals surface area contributed by atoms with Crippen molar-refractivity contribution in [3.8, 4) is 0 Å². The van der Waals surface area contributed by atoms with Crippen molar-refractivity contribution in [1.82, 2.24) is 15.3 Å². The van der Waals surface area contributed by atoms with Gasteiger partial charge >= 0.3 is 0 Å². The van der Waals surface area contributed by atoms with Crippen molar-refractivity contribution < 1.29 is 0 Å². The lowest BCUT2D eigenvalue weighted by atomic mass is 10.2. The number of rotatable bonds is 1. The Morgan fingerprint density at radius 2 is 2.18 bits per heavy atom. The molecule has 64 valence electrons. The summed E-state index contributed by atoms with van der Waals surface area (Å²) in [6.45, 7) is 5.00. The average molecular weight is 155 g/mol. The van der Waals surface area contributed by atoms with E-state index in [1.807, 2.05) is 7.05 Å². The third kappa shape index (κ3) is 1.41. The van der Waals surface area contributed by atoms with Crippen LogP contribution in [0.3, 0.4) is 0 Å². The summed E-state index contributed by atoms with van der Waals surface area (Å²) in [5.74, 6) is 0. The first kappa shape index (κ1) is 7.53. The molecule has 2 rings (SSSR count). The monoisotopic (exact) mass is 155 g/mol. The van der Waals surface area contributed by atoms with E-state index in [2.05, 4.69) is 15.3 Å². The van der Waals surface area contributed by atoms with E-state index in [0.29, 0.717) is 0 Å². The number of hydrazine groups is 1. The Morgan fingerprint density at radius 3 is 3.00 bits per heavy atom. The van der Waals surface area contributed by atoms with Gasteiger partial charge in [-0.1, -0.05) is 0 Å². The minimum Gasteiger partial charge on any atom is -0.298 e.